The van der Waals surface area contributed by atoms with Crippen molar-refractivity contribution in [3.63, 3.8) is 0 Å². The number of hydrogen-bond acceptors (Lipinski definition) is 2. The maximum absolute atomic E-state index is 9.27. The fraction of sp³-hybridized carbons (Fsp3) is 0.273. The Bertz CT molecular complexity index is 333. The van der Waals surface area contributed by atoms with Gasteiger partial charge in [0.05, 0.1) is 0 Å². The topological polar surface area (TPSA) is 40.5 Å². The monoisotopic (exact) mass is 176 g/mol. The van der Waals surface area contributed by atoms with Crippen molar-refractivity contribution >= 4 is 5.57 Å². The number of aromatic hydroxyl groups is 2. The predicted octanol–water partition coefficient (Wildman–Crippen LogP) is 2.67. The second-order valence-electron chi connectivity index (χ2n) is 3.36. The molecule has 13 heavy (non-hydrogen) atoms. The Morgan fingerprint density at radius 1 is 1.00 bits per heavy atom. The maximum Gasteiger partial charge on any atom is 0.119 e. The molecule has 1 aromatic carbocycles. The molecule has 0 unspecified atom stereocenters. The van der Waals surface area contributed by atoms with E-state index < -0.39 is 0 Å². The number of benzene rings is 1. The van der Waals surface area contributed by atoms with Gasteiger partial charge in [0.15, 0.2) is 0 Å². The molecule has 1 aromatic rings. The number of phenolic OH excluding ortho intramolecular Hbond substituents is 2. The van der Waals surface area contributed by atoms with Crippen LogP contribution >= 0.6 is 0 Å². The van der Waals surface area contributed by atoms with Crippen molar-refractivity contribution in [3.8, 4) is 11.5 Å². The van der Waals surface area contributed by atoms with E-state index in [1.54, 1.807) is 12.1 Å². The summed E-state index contributed by atoms with van der Waals surface area (Å²) in [4.78, 5) is 0. The Balaban J connectivity index is 2.39. The van der Waals surface area contributed by atoms with Crippen molar-refractivity contribution in [2.24, 2.45) is 0 Å². The van der Waals surface area contributed by atoms with Gasteiger partial charge in [0.25, 0.3) is 0 Å². The highest BCUT2D eigenvalue weighted by Gasteiger charge is 2.08. The zero-order chi connectivity index (χ0) is 9.26. The summed E-state index contributed by atoms with van der Waals surface area (Å²) < 4.78 is 0. The fourth-order valence-corrected chi connectivity index (χ4v) is 1.71. The lowest BCUT2D eigenvalue weighted by Crippen LogP contribution is -1.80. The van der Waals surface area contributed by atoms with E-state index >= 15 is 0 Å². The third-order valence-corrected chi connectivity index (χ3v) is 2.31. The van der Waals surface area contributed by atoms with Crippen molar-refractivity contribution < 1.29 is 10.2 Å². The molecule has 0 aliphatic heterocycles. The molecule has 0 fully saturated rings. The summed E-state index contributed by atoms with van der Waals surface area (Å²) in [6, 6.07) is 4.73. The molecule has 68 valence electrons. The lowest BCUT2D eigenvalue weighted by atomic mass is 10.1. The Morgan fingerprint density at radius 3 is 2.23 bits per heavy atom. The molecule has 2 N–H and O–H groups in total. The van der Waals surface area contributed by atoms with Gasteiger partial charge in [0, 0.05) is 6.07 Å². The lowest BCUT2D eigenvalue weighted by molar-refractivity contribution is 0.450. The van der Waals surface area contributed by atoms with Crippen LogP contribution in [-0.4, -0.2) is 10.2 Å². The molecule has 2 rings (SSSR count). The largest absolute Gasteiger partial charge is 0.508 e. The third kappa shape index (κ3) is 1.66. The Hall–Kier alpha value is -1.44. The van der Waals surface area contributed by atoms with Crippen molar-refractivity contribution in [1.82, 2.24) is 0 Å². The number of allylic oxidation sites excluding steroid dienone is 2. The van der Waals surface area contributed by atoms with Crippen LogP contribution in [0.1, 0.15) is 24.8 Å². The van der Waals surface area contributed by atoms with Gasteiger partial charge < -0.3 is 10.2 Å². The quantitative estimate of drug-likeness (QED) is 0.690. The van der Waals surface area contributed by atoms with Crippen LogP contribution in [0.4, 0.5) is 0 Å². The minimum Gasteiger partial charge on any atom is -0.508 e. The lowest BCUT2D eigenvalue weighted by Gasteiger charge is -2.03. The van der Waals surface area contributed by atoms with Gasteiger partial charge in [-0.1, -0.05) is 6.08 Å². The molecule has 0 radical (unpaired) electrons. The molecule has 0 aromatic heterocycles. The van der Waals surface area contributed by atoms with Crippen LogP contribution in [0.25, 0.3) is 5.57 Å². The molecule has 0 spiro atoms. The molecule has 0 saturated heterocycles. The SMILES string of the molecule is Oc1cc(O)cc(C2=CCCC2)c1. The second-order valence-corrected chi connectivity index (χ2v) is 3.36. The molecule has 2 heteroatoms. The van der Waals surface area contributed by atoms with E-state index in [0.717, 1.165) is 18.4 Å². The van der Waals surface area contributed by atoms with E-state index in [1.807, 2.05) is 0 Å². The molecular formula is C11H12O2. The molecule has 0 atom stereocenters. The third-order valence-electron chi connectivity index (χ3n) is 2.31. The highest BCUT2D eigenvalue weighted by molar-refractivity contribution is 5.69. The first-order valence-electron chi connectivity index (χ1n) is 4.48. The number of phenols is 2. The normalized spacial score (nSPS) is 15.8. The van der Waals surface area contributed by atoms with E-state index in [2.05, 4.69) is 6.08 Å². The van der Waals surface area contributed by atoms with Gasteiger partial charge in [-0.3, -0.25) is 0 Å². The molecule has 0 heterocycles. The van der Waals surface area contributed by atoms with E-state index in [4.69, 9.17) is 0 Å². The molecular weight excluding hydrogens is 164 g/mol. The van der Waals surface area contributed by atoms with Gasteiger partial charge in [0.1, 0.15) is 11.5 Å². The first-order chi connectivity index (χ1) is 6.25. The minimum absolute atomic E-state index is 0.128. The number of rotatable bonds is 1. The smallest absolute Gasteiger partial charge is 0.119 e. The van der Waals surface area contributed by atoms with Crippen molar-refractivity contribution in [2.75, 3.05) is 0 Å². The van der Waals surface area contributed by atoms with Crippen LogP contribution in [0.15, 0.2) is 24.3 Å². The molecule has 1 aliphatic rings. The Kier molecular flexibility index (Phi) is 1.97. The molecule has 1 aliphatic carbocycles. The maximum atomic E-state index is 9.27. The molecule has 0 bridgehead atoms. The van der Waals surface area contributed by atoms with Crippen LogP contribution in [0.5, 0.6) is 11.5 Å². The van der Waals surface area contributed by atoms with Crippen LogP contribution < -0.4 is 0 Å². The van der Waals surface area contributed by atoms with Crippen LogP contribution in [0.2, 0.25) is 0 Å². The zero-order valence-electron chi connectivity index (χ0n) is 7.33. The number of hydrogen-bond donors (Lipinski definition) is 2. The molecule has 2 nitrogen and oxygen atoms in total. The van der Waals surface area contributed by atoms with Crippen molar-refractivity contribution in [3.05, 3.63) is 29.8 Å². The highest BCUT2D eigenvalue weighted by atomic mass is 16.3. The van der Waals surface area contributed by atoms with Crippen molar-refractivity contribution in [2.45, 2.75) is 19.3 Å². The van der Waals surface area contributed by atoms with Crippen LogP contribution in [-0.2, 0) is 0 Å². The van der Waals surface area contributed by atoms with E-state index in [-0.39, 0.29) is 11.5 Å². The van der Waals surface area contributed by atoms with Gasteiger partial charge in [0.2, 0.25) is 0 Å². The summed E-state index contributed by atoms with van der Waals surface area (Å²) in [5.74, 6) is 0.255. The van der Waals surface area contributed by atoms with Gasteiger partial charge >= 0.3 is 0 Å². The molecule has 0 saturated carbocycles. The summed E-state index contributed by atoms with van der Waals surface area (Å²) in [6.45, 7) is 0. The predicted molar refractivity (Wildman–Crippen MR) is 51.6 cm³/mol. The summed E-state index contributed by atoms with van der Waals surface area (Å²) in [6.07, 6.45) is 5.48. The standard InChI is InChI=1S/C11H12O2/c12-10-5-9(6-11(13)7-10)8-3-1-2-4-8/h3,5-7,12-13H,1-2,4H2. The van der Waals surface area contributed by atoms with Crippen LogP contribution in [0.3, 0.4) is 0 Å². The van der Waals surface area contributed by atoms with Crippen LogP contribution in [0, 0.1) is 0 Å². The fourth-order valence-electron chi connectivity index (χ4n) is 1.71. The molecule has 0 amide bonds. The summed E-state index contributed by atoms with van der Waals surface area (Å²) in [5.41, 5.74) is 2.17. The van der Waals surface area contributed by atoms with Gasteiger partial charge in [-0.05, 0) is 42.5 Å². The zero-order valence-corrected chi connectivity index (χ0v) is 7.33. The van der Waals surface area contributed by atoms with E-state index in [0.29, 0.717) is 0 Å². The average molecular weight is 176 g/mol. The van der Waals surface area contributed by atoms with Crippen molar-refractivity contribution in [1.29, 1.82) is 0 Å². The van der Waals surface area contributed by atoms with E-state index in [9.17, 15) is 10.2 Å². The average Bonchev–Trinajstić information content (AvgIpc) is 2.53. The summed E-state index contributed by atoms with van der Waals surface area (Å²) in [5, 5.41) is 18.5. The highest BCUT2D eigenvalue weighted by Crippen LogP contribution is 2.31. The van der Waals surface area contributed by atoms with Gasteiger partial charge in [-0.25, -0.2) is 0 Å². The Morgan fingerprint density at radius 2 is 1.69 bits per heavy atom. The van der Waals surface area contributed by atoms with Gasteiger partial charge in [-0.2, -0.15) is 0 Å². The Labute approximate surface area is 77.1 Å². The first kappa shape index (κ1) is 8.17. The summed E-state index contributed by atoms with van der Waals surface area (Å²) >= 11 is 0. The van der Waals surface area contributed by atoms with E-state index in [1.165, 1.54) is 18.1 Å². The first-order valence-corrected chi connectivity index (χ1v) is 4.48. The minimum atomic E-state index is 0.128. The second kappa shape index (κ2) is 3.13. The summed E-state index contributed by atoms with van der Waals surface area (Å²) in [7, 11) is 0. The van der Waals surface area contributed by atoms with Gasteiger partial charge in [-0.15, -0.1) is 0 Å².